The fourth-order valence-corrected chi connectivity index (χ4v) is 3.91. The number of carbonyl (C=O) groups excluding carboxylic acids is 1. The number of oxazole rings is 1. The van der Waals surface area contributed by atoms with Crippen molar-refractivity contribution in [2.24, 2.45) is 5.92 Å². The predicted molar refractivity (Wildman–Crippen MR) is 88.6 cm³/mol. The van der Waals surface area contributed by atoms with Crippen LogP contribution in [0.15, 0.2) is 10.6 Å². The molecule has 2 aromatic heterocycles. The third-order valence-corrected chi connectivity index (χ3v) is 5.24. The quantitative estimate of drug-likeness (QED) is 0.876. The molecular formula is C16H22N4O2S. The van der Waals surface area contributed by atoms with E-state index in [1.165, 1.54) is 24.2 Å². The third-order valence-electron chi connectivity index (χ3n) is 4.06. The summed E-state index contributed by atoms with van der Waals surface area (Å²) in [6.45, 7) is 6.19. The first-order valence-corrected chi connectivity index (χ1v) is 8.80. The van der Waals surface area contributed by atoms with Crippen molar-refractivity contribution in [1.29, 1.82) is 0 Å². The molecule has 0 aliphatic carbocycles. The molecule has 2 N–H and O–H groups in total. The highest BCUT2D eigenvalue weighted by atomic mass is 32.1. The van der Waals surface area contributed by atoms with Gasteiger partial charge in [-0.25, -0.2) is 9.97 Å². The highest BCUT2D eigenvalue weighted by Gasteiger charge is 2.19. The number of rotatable bonds is 5. The molecule has 2 aromatic rings. The summed E-state index contributed by atoms with van der Waals surface area (Å²) in [7, 11) is 0. The maximum atomic E-state index is 12.3. The molecule has 6 nitrogen and oxygen atoms in total. The Morgan fingerprint density at radius 2 is 2.22 bits per heavy atom. The van der Waals surface area contributed by atoms with E-state index in [9.17, 15) is 4.79 Å². The van der Waals surface area contributed by atoms with Crippen molar-refractivity contribution >= 4 is 17.2 Å². The molecule has 3 heterocycles. The number of nitrogens with zero attached hydrogens (tertiary/aromatic N) is 2. The standard InChI is InChI=1S/C16H22N4O2S/c1-10-15(16(21)19-9-13-8-18-11(2)22-13)23-14(20-10)7-12-3-5-17-6-4-12/h8,12,17H,3-7,9H2,1-2H3,(H,19,21). The SMILES string of the molecule is Cc1ncc(CNC(=O)c2sc(CC3CCNCC3)nc2C)o1. The first kappa shape index (κ1) is 16.1. The van der Waals surface area contributed by atoms with Crippen LogP contribution < -0.4 is 10.6 Å². The van der Waals surface area contributed by atoms with Gasteiger partial charge in [-0.3, -0.25) is 4.79 Å². The van der Waals surface area contributed by atoms with Gasteiger partial charge in [0.1, 0.15) is 10.6 Å². The summed E-state index contributed by atoms with van der Waals surface area (Å²) in [6, 6.07) is 0. The van der Waals surface area contributed by atoms with Crippen LogP contribution in [0.4, 0.5) is 0 Å². The van der Waals surface area contributed by atoms with Crippen LogP contribution in [0.25, 0.3) is 0 Å². The van der Waals surface area contributed by atoms with Crippen LogP contribution in [0.5, 0.6) is 0 Å². The van der Waals surface area contributed by atoms with E-state index < -0.39 is 0 Å². The lowest BCUT2D eigenvalue weighted by Gasteiger charge is -2.21. The predicted octanol–water partition coefficient (Wildman–Crippen LogP) is 2.22. The number of carbonyl (C=O) groups is 1. The van der Waals surface area contributed by atoms with E-state index in [-0.39, 0.29) is 5.91 Å². The van der Waals surface area contributed by atoms with Gasteiger partial charge in [0.2, 0.25) is 0 Å². The average Bonchev–Trinajstić information content (AvgIpc) is 3.12. The fourth-order valence-electron chi connectivity index (χ4n) is 2.82. The van der Waals surface area contributed by atoms with Crippen LogP contribution in [0, 0.1) is 19.8 Å². The van der Waals surface area contributed by atoms with Gasteiger partial charge in [-0.05, 0) is 38.8 Å². The zero-order valence-corrected chi connectivity index (χ0v) is 14.3. The number of hydrogen-bond acceptors (Lipinski definition) is 6. The van der Waals surface area contributed by atoms with Crippen LogP contribution >= 0.6 is 11.3 Å². The summed E-state index contributed by atoms with van der Waals surface area (Å²) in [5, 5.41) is 7.31. The Bertz CT molecular complexity index is 673. The number of thiazole rings is 1. The van der Waals surface area contributed by atoms with Crippen LogP contribution in [0.3, 0.4) is 0 Å². The summed E-state index contributed by atoms with van der Waals surface area (Å²) >= 11 is 1.51. The van der Waals surface area contributed by atoms with E-state index in [1.54, 1.807) is 13.1 Å². The van der Waals surface area contributed by atoms with E-state index in [4.69, 9.17) is 4.42 Å². The second kappa shape index (κ2) is 7.23. The average molecular weight is 334 g/mol. The summed E-state index contributed by atoms with van der Waals surface area (Å²) in [5.74, 6) is 1.85. The van der Waals surface area contributed by atoms with Gasteiger partial charge in [-0.1, -0.05) is 0 Å². The highest BCUT2D eigenvalue weighted by Crippen LogP contribution is 2.24. The first-order chi connectivity index (χ1) is 11.1. The Morgan fingerprint density at radius 3 is 2.91 bits per heavy atom. The molecule has 1 amide bonds. The molecule has 1 aliphatic heterocycles. The lowest BCUT2D eigenvalue weighted by molar-refractivity contribution is 0.0951. The summed E-state index contributed by atoms with van der Waals surface area (Å²) in [5.41, 5.74) is 0.810. The molecule has 1 saturated heterocycles. The number of aryl methyl sites for hydroxylation is 2. The number of aromatic nitrogens is 2. The molecule has 0 unspecified atom stereocenters. The molecule has 7 heteroatoms. The molecule has 0 aromatic carbocycles. The van der Waals surface area contributed by atoms with Crippen molar-refractivity contribution in [2.45, 2.75) is 39.7 Å². The van der Waals surface area contributed by atoms with Gasteiger partial charge in [0.25, 0.3) is 5.91 Å². The lowest BCUT2D eigenvalue weighted by atomic mass is 9.95. The van der Waals surface area contributed by atoms with Gasteiger partial charge in [-0.2, -0.15) is 0 Å². The van der Waals surface area contributed by atoms with E-state index >= 15 is 0 Å². The zero-order chi connectivity index (χ0) is 16.2. The molecular weight excluding hydrogens is 312 g/mol. The van der Waals surface area contributed by atoms with Gasteiger partial charge in [0.05, 0.1) is 23.4 Å². The van der Waals surface area contributed by atoms with Crippen molar-refractivity contribution in [3.8, 4) is 0 Å². The molecule has 3 rings (SSSR count). The van der Waals surface area contributed by atoms with Crippen LogP contribution in [-0.2, 0) is 13.0 Å². The van der Waals surface area contributed by atoms with Crippen molar-refractivity contribution in [2.75, 3.05) is 13.1 Å². The molecule has 0 saturated carbocycles. The van der Waals surface area contributed by atoms with Gasteiger partial charge in [0, 0.05) is 13.3 Å². The molecule has 0 spiro atoms. The number of amides is 1. The molecule has 23 heavy (non-hydrogen) atoms. The zero-order valence-electron chi connectivity index (χ0n) is 13.5. The number of piperidine rings is 1. The summed E-state index contributed by atoms with van der Waals surface area (Å²) < 4.78 is 5.36. The minimum absolute atomic E-state index is 0.0920. The molecule has 0 radical (unpaired) electrons. The van der Waals surface area contributed by atoms with Gasteiger partial charge >= 0.3 is 0 Å². The van der Waals surface area contributed by atoms with Crippen LogP contribution in [-0.4, -0.2) is 29.0 Å². The normalized spacial score (nSPS) is 15.7. The van der Waals surface area contributed by atoms with Gasteiger partial charge < -0.3 is 15.1 Å². The van der Waals surface area contributed by atoms with Crippen LogP contribution in [0.1, 0.15) is 44.9 Å². The van der Waals surface area contributed by atoms with E-state index in [2.05, 4.69) is 20.6 Å². The maximum absolute atomic E-state index is 12.3. The topological polar surface area (TPSA) is 80.0 Å². The lowest BCUT2D eigenvalue weighted by Crippen LogP contribution is -2.28. The maximum Gasteiger partial charge on any atom is 0.263 e. The molecule has 0 bridgehead atoms. The largest absolute Gasteiger partial charge is 0.444 e. The Morgan fingerprint density at radius 1 is 1.43 bits per heavy atom. The minimum atomic E-state index is -0.0920. The molecule has 1 aliphatic rings. The second-order valence-corrected chi connectivity index (χ2v) is 7.03. The van der Waals surface area contributed by atoms with Crippen LogP contribution in [0.2, 0.25) is 0 Å². The minimum Gasteiger partial charge on any atom is -0.444 e. The molecule has 0 atom stereocenters. The Balaban J connectivity index is 1.59. The first-order valence-electron chi connectivity index (χ1n) is 7.98. The Labute approximate surface area is 139 Å². The Kier molecular flexibility index (Phi) is 5.07. The highest BCUT2D eigenvalue weighted by molar-refractivity contribution is 7.13. The summed E-state index contributed by atoms with van der Waals surface area (Å²) in [4.78, 5) is 21.6. The van der Waals surface area contributed by atoms with E-state index in [0.29, 0.717) is 29.0 Å². The molecule has 124 valence electrons. The smallest absolute Gasteiger partial charge is 0.263 e. The van der Waals surface area contributed by atoms with Crippen molar-refractivity contribution in [1.82, 2.24) is 20.6 Å². The van der Waals surface area contributed by atoms with E-state index in [0.717, 1.165) is 30.2 Å². The Hall–Kier alpha value is -1.73. The number of nitrogens with one attached hydrogen (secondary N) is 2. The molecule has 1 fully saturated rings. The van der Waals surface area contributed by atoms with E-state index in [1.807, 2.05) is 6.92 Å². The third kappa shape index (κ3) is 4.17. The van der Waals surface area contributed by atoms with Crippen molar-refractivity contribution in [3.05, 3.63) is 33.4 Å². The fraction of sp³-hybridized carbons (Fsp3) is 0.562. The second-order valence-electron chi connectivity index (χ2n) is 5.95. The monoisotopic (exact) mass is 334 g/mol. The van der Waals surface area contributed by atoms with Crippen molar-refractivity contribution in [3.63, 3.8) is 0 Å². The van der Waals surface area contributed by atoms with Gasteiger partial charge in [0.15, 0.2) is 5.89 Å². The number of hydrogen-bond donors (Lipinski definition) is 2. The van der Waals surface area contributed by atoms with Crippen molar-refractivity contribution < 1.29 is 9.21 Å². The summed E-state index contributed by atoms with van der Waals surface area (Å²) in [6.07, 6.45) is 4.98. The van der Waals surface area contributed by atoms with Gasteiger partial charge in [-0.15, -0.1) is 11.3 Å².